The lowest BCUT2D eigenvalue weighted by Crippen LogP contribution is -2.07. The number of nitrogens with zero attached hydrogens (tertiary/aromatic N) is 2. The molecule has 0 aliphatic heterocycles. The van der Waals surface area contributed by atoms with Gasteiger partial charge in [0.1, 0.15) is 5.01 Å². The lowest BCUT2D eigenvalue weighted by atomic mass is 10.2. The van der Waals surface area contributed by atoms with Crippen LogP contribution in [0.3, 0.4) is 0 Å². The summed E-state index contributed by atoms with van der Waals surface area (Å²) in [7, 11) is 0. The van der Waals surface area contributed by atoms with Crippen molar-refractivity contribution < 1.29 is 0 Å². The first-order chi connectivity index (χ1) is 9.61. The highest BCUT2D eigenvalue weighted by Gasteiger charge is 2.17. The minimum Gasteiger partial charge on any atom is -0.331 e. The van der Waals surface area contributed by atoms with Gasteiger partial charge in [0.25, 0.3) is 0 Å². The molecule has 3 aromatic rings. The molecule has 0 aliphatic rings. The minimum atomic E-state index is 0.155. The molecular formula is C15H17N3S2. The zero-order valence-electron chi connectivity index (χ0n) is 11.8. The van der Waals surface area contributed by atoms with Crippen LogP contribution in [-0.2, 0) is 6.42 Å². The second-order valence-electron chi connectivity index (χ2n) is 4.97. The Bertz CT molecular complexity index is 810. The number of aromatic amines is 1. The average Bonchev–Trinajstić information content (AvgIpc) is 3.02. The summed E-state index contributed by atoms with van der Waals surface area (Å²) in [6, 6.07) is 6.40. The van der Waals surface area contributed by atoms with Crippen LogP contribution in [-0.4, -0.2) is 14.5 Å². The number of aromatic nitrogens is 3. The molecular weight excluding hydrogens is 286 g/mol. The summed E-state index contributed by atoms with van der Waals surface area (Å²) >= 11 is 7.28. The average molecular weight is 303 g/mol. The number of hydrogen-bond acceptors (Lipinski definition) is 3. The van der Waals surface area contributed by atoms with E-state index in [-0.39, 0.29) is 6.04 Å². The van der Waals surface area contributed by atoms with Gasteiger partial charge in [0.15, 0.2) is 4.77 Å². The Morgan fingerprint density at radius 3 is 2.95 bits per heavy atom. The number of imidazole rings is 1. The Morgan fingerprint density at radius 2 is 2.25 bits per heavy atom. The number of aryl methyl sites for hydroxylation is 2. The van der Waals surface area contributed by atoms with Crippen molar-refractivity contribution in [2.45, 2.75) is 33.2 Å². The van der Waals surface area contributed by atoms with Gasteiger partial charge >= 0.3 is 0 Å². The first kappa shape index (κ1) is 13.5. The van der Waals surface area contributed by atoms with Crippen molar-refractivity contribution >= 4 is 34.6 Å². The van der Waals surface area contributed by atoms with Gasteiger partial charge in [-0.1, -0.05) is 19.1 Å². The standard InChI is InChI=1S/C15H17N3S2/c1-4-11-8-16-14(20-11)10(3)18-13-9(2)6-5-7-12(13)17-15(18)19/h5-8,10H,4H2,1-3H3,(H,17,19). The van der Waals surface area contributed by atoms with Crippen molar-refractivity contribution in [3.63, 3.8) is 0 Å². The normalized spacial score (nSPS) is 12.9. The predicted octanol–water partition coefficient (Wildman–Crippen LogP) is 4.64. The van der Waals surface area contributed by atoms with Gasteiger partial charge in [0.05, 0.1) is 17.1 Å². The molecule has 1 aromatic carbocycles. The van der Waals surface area contributed by atoms with Crippen molar-refractivity contribution in [1.82, 2.24) is 14.5 Å². The number of benzene rings is 1. The van der Waals surface area contributed by atoms with E-state index in [2.05, 4.69) is 53.5 Å². The highest BCUT2D eigenvalue weighted by atomic mass is 32.1. The fourth-order valence-electron chi connectivity index (χ4n) is 2.52. The minimum absolute atomic E-state index is 0.155. The number of para-hydroxylation sites is 1. The molecule has 104 valence electrons. The van der Waals surface area contributed by atoms with Crippen LogP contribution in [0, 0.1) is 11.7 Å². The van der Waals surface area contributed by atoms with Gasteiger partial charge in [-0.05, 0) is 44.1 Å². The van der Waals surface area contributed by atoms with Crippen LogP contribution in [0.2, 0.25) is 0 Å². The third kappa shape index (κ3) is 2.11. The molecule has 1 unspecified atom stereocenters. The van der Waals surface area contributed by atoms with Crippen molar-refractivity contribution in [2.24, 2.45) is 0 Å². The van der Waals surface area contributed by atoms with Gasteiger partial charge in [0, 0.05) is 11.1 Å². The summed E-state index contributed by atoms with van der Waals surface area (Å²) in [6.45, 7) is 6.44. The van der Waals surface area contributed by atoms with Crippen molar-refractivity contribution in [3.8, 4) is 0 Å². The van der Waals surface area contributed by atoms with E-state index in [0.29, 0.717) is 0 Å². The van der Waals surface area contributed by atoms with E-state index in [0.717, 1.165) is 21.7 Å². The molecule has 0 radical (unpaired) electrons. The third-order valence-electron chi connectivity index (χ3n) is 3.60. The highest BCUT2D eigenvalue weighted by molar-refractivity contribution is 7.71. The second kappa shape index (κ2) is 5.14. The number of rotatable bonds is 3. The Balaban J connectivity index is 2.18. The number of thiazole rings is 1. The Hall–Kier alpha value is -1.46. The maximum absolute atomic E-state index is 5.51. The quantitative estimate of drug-likeness (QED) is 0.715. The number of nitrogens with one attached hydrogen (secondary N) is 1. The zero-order valence-corrected chi connectivity index (χ0v) is 13.4. The SMILES string of the molecule is CCc1cnc(C(C)n2c(=S)[nH]c3cccc(C)c32)s1. The van der Waals surface area contributed by atoms with Crippen LogP contribution >= 0.6 is 23.6 Å². The van der Waals surface area contributed by atoms with Gasteiger partial charge in [-0.2, -0.15) is 0 Å². The van der Waals surface area contributed by atoms with Crippen LogP contribution in [0.25, 0.3) is 11.0 Å². The molecule has 1 atom stereocenters. The van der Waals surface area contributed by atoms with Crippen LogP contribution < -0.4 is 0 Å². The second-order valence-corrected chi connectivity index (χ2v) is 6.50. The van der Waals surface area contributed by atoms with E-state index < -0.39 is 0 Å². The van der Waals surface area contributed by atoms with E-state index >= 15 is 0 Å². The van der Waals surface area contributed by atoms with E-state index in [9.17, 15) is 0 Å². The molecule has 1 N–H and O–H groups in total. The molecule has 0 aliphatic carbocycles. The maximum Gasteiger partial charge on any atom is 0.178 e. The molecule has 3 nitrogen and oxygen atoms in total. The largest absolute Gasteiger partial charge is 0.331 e. The monoisotopic (exact) mass is 303 g/mol. The molecule has 0 saturated carbocycles. The van der Waals surface area contributed by atoms with Gasteiger partial charge < -0.3 is 9.55 Å². The van der Waals surface area contributed by atoms with Crippen molar-refractivity contribution in [3.05, 3.63) is 44.6 Å². The van der Waals surface area contributed by atoms with E-state index in [1.165, 1.54) is 16.0 Å². The Kier molecular flexibility index (Phi) is 3.48. The molecule has 0 bridgehead atoms. The Labute approximate surface area is 127 Å². The summed E-state index contributed by atoms with van der Waals surface area (Å²) in [5, 5.41) is 1.11. The predicted molar refractivity (Wildman–Crippen MR) is 87.2 cm³/mol. The van der Waals surface area contributed by atoms with Crippen LogP contribution in [0.15, 0.2) is 24.4 Å². The molecule has 2 heterocycles. The number of H-pyrrole nitrogens is 1. The Morgan fingerprint density at radius 1 is 1.45 bits per heavy atom. The summed E-state index contributed by atoms with van der Waals surface area (Å²) in [4.78, 5) is 9.17. The van der Waals surface area contributed by atoms with Crippen LogP contribution in [0.1, 0.15) is 35.3 Å². The van der Waals surface area contributed by atoms with Crippen molar-refractivity contribution in [2.75, 3.05) is 0 Å². The molecule has 0 saturated heterocycles. The van der Waals surface area contributed by atoms with Gasteiger partial charge in [-0.25, -0.2) is 4.98 Å². The zero-order chi connectivity index (χ0) is 14.3. The molecule has 5 heteroatoms. The first-order valence-electron chi connectivity index (χ1n) is 6.76. The van der Waals surface area contributed by atoms with E-state index in [1.54, 1.807) is 11.3 Å². The number of hydrogen-bond donors (Lipinski definition) is 1. The third-order valence-corrected chi connectivity index (χ3v) is 5.21. The molecule has 0 amide bonds. The van der Waals surface area contributed by atoms with Crippen LogP contribution in [0.4, 0.5) is 0 Å². The van der Waals surface area contributed by atoms with E-state index in [1.807, 2.05) is 6.20 Å². The highest BCUT2D eigenvalue weighted by Crippen LogP contribution is 2.29. The topological polar surface area (TPSA) is 33.6 Å². The summed E-state index contributed by atoms with van der Waals surface area (Å²) < 4.78 is 2.94. The van der Waals surface area contributed by atoms with Gasteiger partial charge in [0.2, 0.25) is 0 Å². The molecule has 20 heavy (non-hydrogen) atoms. The van der Waals surface area contributed by atoms with Crippen LogP contribution in [0.5, 0.6) is 0 Å². The molecule has 0 spiro atoms. The maximum atomic E-state index is 5.51. The summed E-state index contributed by atoms with van der Waals surface area (Å²) in [5.41, 5.74) is 3.50. The fraction of sp³-hybridized carbons (Fsp3) is 0.333. The van der Waals surface area contributed by atoms with E-state index in [4.69, 9.17) is 12.2 Å². The smallest absolute Gasteiger partial charge is 0.178 e. The fourth-order valence-corrected chi connectivity index (χ4v) is 3.77. The van der Waals surface area contributed by atoms with Gasteiger partial charge in [-0.15, -0.1) is 11.3 Å². The molecule has 3 rings (SSSR count). The summed E-state index contributed by atoms with van der Waals surface area (Å²) in [6.07, 6.45) is 3.00. The first-order valence-corrected chi connectivity index (χ1v) is 7.98. The lowest BCUT2D eigenvalue weighted by molar-refractivity contribution is 0.643. The molecule has 0 fully saturated rings. The molecule has 2 aromatic heterocycles. The van der Waals surface area contributed by atoms with Crippen molar-refractivity contribution in [1.29, 1.82) is 0 Å². The summed E-state index contributed by atoms with van der Waals surface area (Å²) in [5.74, 6) is 0. The number of fused-ring (bicyclic) bond motifs is 1. The lowest BCUT2D eigenvalue weighted by Gasteiger charge is -2.13. The van der Waals surface area contributed by atoms with Gasteiger partial charge in [-0.3, -0.25) is 0 Å².